The third-order valence-electron chi connectivity index (χ3n) is 13.8. The van der Waals surface area contributed by atoms with E-state index >= 15 is 0 Å². The molecule has 0 aliphatic heterocycles. The smallest absolute Gasteiger partial charge is 0.306 e. The first-order valence-corrected chi connectivity index (χ1v) is 29.1. The quantitative estimate of drug-likeness (QED) is 0.0344. The van der Waals surface area contributed by atoms with Crippen LogP contribution >= 0.6 is 0 Å². The molecule has 0 aliphatic rings. The van der Waals surface area contributed by atoms with Gasteiger partial charge in [0.1, 0.15) is 13.2 Å². The van der Waals surface area contributed by atoms with Crippen molar-refractivity contribution in [3.05, 3.63) is 0 Å². The maximum absolute atomic E-state index is 12.8. The van der Waals surface area contributed by atoms with Crippen LogP contribution in [0.15, 0.2) is 0 Å². The zero-order valence-corrected chi connectivity index (χ0v) is 44.8. The fourth-order valence-electron chi connectivity index (χ4n) is 8.97. The van der Waals surface area contributed by atoms with Crippen LogP contribution in [0.3, 0.4) is 0 Å². The summed E-state index contributed by atoms with van der Waals surface area (Å²) in [7, 11) is 0. The number of ether oxygens (including phenoxy) is 3. The molecule has 0 aromatic heterocycles. The number of rotatable bonds is 52. The van der Waals surface area contributed by atoms with Gasteiger partial charge in [-0.1, -0.05) is 286 Å². The summed E-state index contributed by atoms with van der Waals surface area (Å²) in [6.07, 6.45) is 52.5. The van der Waals surface area contributed by atoms with Gasteiger partial charge in [-0.05, 0) is 37.0 Å². The number of carbonyl (C=O) groups is 3. The zero-order chi connectivity index (χ0) is 47.7. The third-order valence-corrected chi connectivity index (χ3v) is 13.8. The SMILES string of the molecule is CCC(C)CCCCCCCCCCCCCCCCCCCCC(=O)O[C@@H](COC(=O)CCCCCCCCCCCCCCC(C)C)COC(=O)CCCCCCCCCC(C)C. The molecule has 0 amide bonds. The van der Waals surface area contributed by atoms with E-state index in [4.69, 9.17) is 14.2 Å². The summed E-state index contributed by atoms with van der Waals surface area (Å²) in [5, 5.41) is 0. The van der Waals surface area contributed by atoms with Gasteiger partial charge in [0.2, 0.25) is 0 Å². The van der Waals surface area contributed by atoms with Crippen LogP contribution < -0.4 is 0 Å². The monoisotopic (exact) mass is 919 g/mol. The molecule has 386 valence electrons. The fraction of sp³-hybridized carbons (Fsp3) is 0.949. The van der Waals surface area contributed by atoms with E-state index < -0.39 is 6.10 Å². The van der Waals surface area contributed by atoms with Crippen LogP contribution in [-0.2, 0) is 28.6 Å². The molecule has 0 saturated heterocycles. The van der Waals surface area contributed by atoms with E-state index in [-0.39, 0.29) is 31.1 Å². The van der Waals surface area contributed by atoms with Crippen LogP contribution in [0.5, 0.6) is 0 Å². The summed E-state index contributed by atoms with van der Waals surface area (Å²) in [5.74, 6) is 1.68. The molecule has 6 heteroatoms. The Balaban J connectivity index is 4.22. The van der Waals surface area contributed by atoms with Crippen molar-refractivity contribution in [2.45, 2.75) is 330 Å². The molecule has 65 heavy (non-hydrogen) atoms. The van der Waals surface area contributed by atoms with Crippen molar-refractivity contribution >= 4 is 17.9 Å². The second kappa shape index (κ2) is 50.3. The average Bonchev–Trinajstić information content (AvgIpc) is 3.28. The minimum Gasteiger partial charge on any atom is -0.462 e. The van der Waals surface area contributed by atoms with Crippen molar-refractivity contribution in [3.8, 4) is 0 Å². The van der Waals surface area contributed by atoms with E-state index in [0.717, 1.165) is 75.5 Å². The third kappa shape index (κ3) is 51.6. The Hall–Kier alpha value is -1.59. The lowest BCUT2D eigenvalue weighted by Crippen LogP contribution is -2.30. The van der Waals surface area contributed by atoms with Gasteiger partial charge in [0, 0.05) is 19.3 Å². The average molecular weight is 920 g/mol. The molecule has 0 fully saturated rings. The van der Waals surface area contributed by atoms with Crippen LogP contribution in [0.4, 0.5) is 0 Å². The lowest BCUT2D eigenvalue weighted by Gasteiger charge is -2.18. The normalized spacial score (nSPS) is 12.6. The second-order valence-electron chi connectivity index (χ2n) is 21.5. The van der Waals surface area contributed by atoms with Crippen molar-refractivity contribution in [1.29, 1.82) is 0 Å². The van der Waals surface area contributed by atoms with Gasteiger partial charge in [-0.3, -0.25) is 14.4 Å². The Kier molecular flexibility index (Phi) is 49.1. The molecule has 0 heterocycles. The Morgan fingerprint density at radius 3 is 0.800 bits per heavy atom. The molecular weight excluding hydrogens is 805 g/mol. The molecule has 1 unspecified atom stereocenters. The molecule has 0 spiro atoms. The molecule has 6 nitrogen and oxygen atoms in total. The van der Waals surface area contributed by atoms with Crippen LogP contribution in [0.2, 0.25) is 0 Å². The minimum atomic E-state index is -0.764. The van der Waals surface area contributed by atoms with Gasteiger partial charge in [-0.2, -0.15) is 0 Å². The van der Waals surface area contributed by atoms with Gasteiger partial charge in [0.05, 0.1) is 0 Å². The molecule has 0 aromatic carbocycles. The second-order valence-corrected chi connectivity index (χ2v) is 21.5. The number of hydrogen-bond acceptors (Lipinski definition) is 6. The van der Waals surface area contributed by atoms with Gasteiger partial charge in [-0.15, -0.1) is 0 Å². The van der Waals surface area contributed by atoms with E-state index in [1.165, 1.54) is 205 Å². The minimum absolute atomic E-state index is 0.0643. The summed E-state index contributed by atoms with van der Waals surface area (Å²) < 4.78 is 16.9. The predicted octanol–water partition coefficient (Wildman–Crippen LogP) is 19.1. The van der Waals surface area contributed by atoms with E-state index in [2.05, 4.69) is 41.5 Å². The topological polar surface area (TPSA) is 78.9 Å². The van der Waals surface area contributed by atoms with Crippen molar-refractivity contribution in [1.82, 2.24) is 0 Å². The zero-order valence-electron chi connectivity index (χ0n) is 44.8. The predicted molar refractivity (Wildman–Crippen MR) is 279 cm³/mol. The van der Waals surface area contributed by atoms with Crippen molar-refractivity contribution in [2.75, 3.05) is 13.2 Å². The number of carbonyl (C=O) groups excluding carboxylic acids is 3. The molecule has 0 radical (unpaired) electrons. The maximum Gasteiger partial charge on any atom is 0.306 e. The number of esters is 3. The summed E-state index contributed by atoms with van der Waals surface area (Å²) >= 11 is 0. The van der Waals surface area contributed by atoms with Crippen LogP contribution in [0, 0.1) is 17.8 Å². The highest BCUT2D eigenvalue weighted by molar-refractivity contribution is 5.71. The van der Waals surface area contributed by atoms with Crippen molar-refractivity contribution in [3.63, 3.8) is 0 Å². The van der Waals surface area contributed by atoms with Crippen molar-refractivity contribution in [2.24, 2.45) is 17.8 Å². The Bertz CT molecular complexity index is 1010. The Labute approximate surface area is 406 Å². The maximum atomic E-state index is 12.8. The molecule has 0 rings (SSSR count). The van der Waals surface area contributed by atoms with E-state index in [0.29, 0.717) is 19.3 Å². The van der Waals surface area contributed by atoms with E-state index in [1.54, 1.807) is 0 Å². The first-order valence-electron chi connectivity index (χ1n) is 29.1. The fourth-order valence-corrected chi connectivity index (χ4v) is 8.97. The van der Waals surface area contributed by atoms with Gasteiger partial charge in [-0.25, -0.2) is 0 Å². The Morgan fingerprint density at radius 2 is 0.538 bits per heavy atom. The molecule has 0 aliphatic carbocycles. The van der Waals surface area contributed by atoms with Crippen LogP contribution in [0.1, 0.15) is 324 Å². The molecule has 0 N–H and O–H groups in total. The standard InChI is InChI=1S/C59H114O6/c1-7-55(6)47-41-35-29-23-19-14-12-10-8-9-11-13-15-21-25-31-38-44-50-59(62)65-56(52-64-58(61)49-43-37-32-26-28-34-40-46-54(4)5)51-63-57(60)48-42-36-30-24-20-17-16-18-22-27-33-39-45-53(2)3/h53-56H,7-52H2,1-6H3/t55?,56-/m0/s1. The lowest BCUT2D eigenvalue weighted by molar-refractivity contribution is -0.167. The van der Waals surface area contributed by atoms with E-state index in [9.17, 15) is 14.4 Å². The summed E-state index contributed by atoms with van der Waals surface area (Å²) in [5.41, 5.74) is 0. The number of unbranched alkanes of at least 4 members (excludes halogenated alkanes) is 34. The van der Waals surface area contributed by atoms with Crippen LogP contribution in [-0.4, -0.2) is 37.2 Å². The largest absolute Gasteiger partial charge is 0.462 e. The van der Waals surface area contributed by atoms with Gasteiger partial charge in [0.15, 0.2) is 6.10 Å². The molecule has 0 bridgehead atoms. The highest BCUT2D eigenvalue weighted by atomic mass is 16.6. The number of hydrogen-bond donors (Lipinski definition) is 0. The molecule has 0 saturated carbocycles. The summed E-state index contributed by atoms with van der Waals surface area (Å²) in [4.78, 5) is 38.1. The van der Waals surface area contributed by atoms with E-state index in [1.807, 2.05) is 0 Å². The Morgan fingerprint density at radius 1 is 0.308 bits per heavy atom. The van der Waals surface area contributed by atoms with Crippen LogP contribution in [0.25, 0.3) is 0 Å². The summed E-state index contributed by atoms with van der Waals surface area (Å²) in [6, 6.07) is 0. The highest BCUT2D eigenvalue weighted by Gasteiger charge is 2.19. The molecule has 0 aromatic rings. The molecule has 2 atom stereocenters. The van der Waals surface area contributed by atoms with Gasteiger partial charge in [0.25, 0.3) is 0 Å². The van der Waals surface area contributed by atoms with Gasteiger partial charge >= 0.3 is 17.9 Å². The first kappa shape index (κ1) is 63.4. The summed E-state index contributed by atoms with van der Waals surface area (Å²) in [6.45, 7) is 13.8. The lowest BCUT2D eigenvalue weighted by atomic mass is 9.99. The molecular formula is C59H114O6. The van der Waals surface area contributed by atoms with Crippen molar-refractivity contribution < 1.29 is 28.6 Å². The van der Waals surface area contributed by atoms with Gasteiger partial charge < -0.3 is 14.2 Å². The first-order chi connectivity index (χ1) is 31.6. The highest BCUT2D eigenvalue weighted by Crippen LogP contribution is 2.19.